The molecule has 3 aromatic rings. The Kier molecular flexibility index (Phi) is 4.83. The van der Waals surface area contributed by atoms with Crippen molar-refractivity contribution >= 4 is 16.7 Å². The largest absolute Gasteiger partial charge is 0.337 e. The van der Waals surface area contributed by atoms with E-state index in [9.17, 15) is 4.79 Å². The van der Waals surface area contributed by atoms with Gasteiger partial charge in [0.15, 0.2) is 0 Å². The second kappa shape index (κ2) is 7.44. The van der Waals surface area contributed by atoms with E-state index in [4.69, 9.17) is 5.26 Å². The number of carbonyl (C=O) groups excluding carboxylic acids is 1. The molecule has 1 saturated heterocycles. The van der Waals surface area contributed by atoms with Gasteiger partial charge in [0, 0.05) is 30.0 Å². The van der Waals surface area contributed by atoms with Crippen LogP contribution in [0.4, 0.5) is 0 Å². The maximum Gasteiger partial charge on any atom is 0.253 e. The van der Waals surface area contributed by atoms with E-state index < -0.39 is 0 Å². The highest BCUT2D eigenvalue weighted by Gasteiger charge is 2.24. The van der Waals surface area contributed by atoms with E-state index in [0.717, 1.165) is 52.7 Å². The third-order valence-corrected chi connectivity index (χ3v) is 5.39. The van der Waals surface area contributed by atoms with E-state index in [0.29, 0.717) is 12.1 Å². The van der Waals surface area contributed by atoms with Crippen LogP contribution in [0.25, 0.3) is 21.9 Å². The first-order chi connectivity index (χ1) is 13.5. The minimum absolute atomic E-state index is 0.0197. The number of rotatable bonds is 2. The topological polar surface area (TPSA) is 57.0 Å². The number of pyridine rings is 1. The highest BCUT2D eigenvalue weighted by molar-refractivity contribution is 5.99. The molecule has 0 saturated carbocycles. The Morgan fingerprint density at radius 3 is 2.50 bits per heavy atom. The van der Waals surface area contributed by atoms with Crippen molar-refractivity contribution < 1.29 is 4.79 Å². The van der Waals surface area contributed by atoms with E-state index in [1.54, 1.807) is 0 Å². The Morgan fingerprint density at radius 2 is 1.75 bits per heavy atom. The Bertz CT molecular complexity index is 1080. The van der Waals surface area contributed by atoms with Gasteiger partial charge < -0.3 is 4.90 Å². The van der Waals surface area contributed by atoms with Gasteiger partial charge in [0.25, 0.3) is 5.91 Å². The lowest BCUT2D eigenvalue weighted by Gasteiger charge is -2.29. The van der Waals surface area contributed by atoms with E-state index in [1.807, 2.05) is 36.9 Å². The quantitative estimate of drug-likeness (QED) is 0.646. The number of nitriles is 1. The third kappa shape index (κ3) is 3.61. The summed E-state index contributed by atoms with van der Waals surface area (Å²) in [5.74, 6) is -0.0284. The summed E-state index contributed by atoms with van der Waals surface area (Å²) in [6.45, 7) is 5.28. The molecule has 0 aliphatic carbocycles. The predicted molar refractivity (Wildman–Crippen MR) is 111 cm³/mol. The first-order valence-corrected chi connectivity index (χ1v) is 9.72. The number of piperidine rings is 1. The van der Waals surface area contributed by atoms with Crippen LogP contribution in [0.15, 0.2) is 48.5 Å². The molecule has 1 atom stereocenters. The molecule has 1 aliphatic heterocycles. The van der Waals surface area contributed by atoms with Crippen molar-refractivity contribution in [2.45, 2.75) is 26.7 Å². The van der Waals surface area contributed by atoms with Crippen molar-refractivity contribution in [3.63, 3.8) is 0 Å². The Morgan fingerprint density at radius 1 is 1.04 bits per heavy atom. The number of aromatic nitrogens is 1. The van der Waals surface area contributed by atoms with Crippen molar-refractivity contribution in [2.75, 3.05) is 13.1 Å². The number of benzene rings is 2. The average molecular weight is 369 g/mol. The number of carbonyl (C=O) groups is 1. The molecule has 4 nitrogen and oxygen atoms in total. The second-order valence-electron chi connectivity index (χ2n) is 7.63. The Hall–Kier alpha value is -3.19. The summed E-state index contributed by atoms with van der Waals surface area (Å²) in [5.41, 5.74) is 5.01. The van der Waals surface area contributed by atoms with Gasteiger partial charge in [-0.05, 0) is 78.9 Å². The van der Waals surface area contributed by atoms with Crippen LogP contribution in [0.5, 0.6) is 0 Å². The molecule has 4 rings (SSSR count). The first kappa shape index (κ1) is 18.2. The summed E-state index contributed by atoms with van der Waals surface area (Å²) >= 11 is 0. The Labute approximate surface area is 165 Å². The number of hydrogen-bond acceptors (Lipinski definition) is 3. The molecule has 140 valence electrons. The molecule has 1 amide bonds. The molecule has 1 fully saturated rings. The van der Waals surface area contributed by atoms with Gasteiger partial charge in [0.2, 0.25) is 0 Å². The van der Waals surface area contributed by atoms with Crippen molar-refractivity contribution in [3.05, 3.63) is 65.5 Å². The summed E-state index contributed by atoms with van der Waals surface area (Å²) in [5, 5.41) is 11.3. The van der Waals surface area contributed by atoms with Gasteiger partial charge in [-0.25, -0.2) is 0 Å². The summed E-state index contributed by atoms with van der Waals surface area (Å²) in [6.07, 6.45) is 1.78. The third-order valence-electron chi connectivity index (χ3n) is 5.39. The maximum atomic E-state index is 12.9. The van der Waals surface area contributed by atoms with Crippen LogP contribution >= 0.6 is 0 Å². The monoisotopic (exact) mass is 369 g/mol. The smallest absolute Gasteiger partial charge is 0.253 e. The van der Waals surface area contributed by atoms with Crippen LogP contribution in [0.1, 0.15) is 34.6 Å². The zero-order valence-electron chi connectivity index (χ0n) is 16.3. The van der Waals surface area contributed by atoms with Gasteiger partial charge in [-0.15, -0.1) is 0 Å². The molecule has 0 radical (unpaired) electrons. The van der Waals surface area contributed by atoms with Crippen LogP contribution in [0.3, 0.4) is 0 Å². The van der Waals surface area contributed by atoms with Crippen molar-refractivity contribution in [3.8, 4) is 17.2 Å². The summed E-state index contributed by atoms with van der Waals surface area (Å²) < 4.78 is 0. The van der Waals surface area contributed by atoms with Gasteiger partial charge in [0.05, 0.1) is 12.0 Å². The maximum absolute atomic E-state index is 12.9. The lowest BCUT2D eigenvalue weighted by atomic mass is 9.97. The fraction of sp³-hybridized carbons (Fsp3) is 0.292. The number of hydrogen-bond donors (Lipinski definition) is 0. The number of aryl methyl sites for hydroxylation is 2. The molecular weight excluding hydrogens is 346 g/mol. The second-order valence-corrected chi connectivity index (χ2v) is 7.63. The highest BCUT2D eigenvalue weighted by Crippen LogP contribution is 2.27. The minimum Gasteiger partial charge on any atom is -0.337 e. The van der Waals surface area contributed by atoms with E-state index in [2.05, 4.69) is 41.4 Å². The highest BCUT2D eigenvalue weighted by atomic mass is 16.2. The summed E-state index contributed by atoms with van der Waals surface area (Å²) in [7, 11) is 0. The van der Waals surface area contributed by atoms with Gasteiger partial charge in [-0.2, -0.15) is 5.26 Å². The molecule has 1 aromatic heterocycles. The predicted octanol–water partition coefficient (Wildman–Crippen LogP) is 4.89. The van der Waals surface area contributed by atoms with Crippen molar-refractivity contribution in [2.24, 2.45) is 5.92 Å². The molecule has 0 bridgehead atoms. The first-order valence-electron chi connectivity index (χ1n) is 9.72. The van der Waals surface area contributed by atoms with Crippen LogP contribution < -0.4 is 0 Å². The fourth-order valence-corrected chi connectivity index (χ4v) is 4.01. The molecule has 4 heteroatoms. The SMILES string of the molecule is Cc1cc(-c2ccc3cc(C(=O)N4CCCC(C#N)C4)ccc3c2)cc(C)n1. The number of nitrogens with zero attached hydrogens (tertiary/aromatic N) is 3. The van der Waals surface area contributed by atoms with Crippen molar-refractivity contribution in [1.82, 2.24) is 9.88 Å². The minimum atomic E-state index is -0.0482. The normalized spacial score (nSPS) is 16.8. The van der Waals surface area contributed by atoms with E-state index in [-0.39, 0.29) is 11.8 Å². The number of fused-ring (bicyclic) bond motifs is 1. The standard InChI is InChI=1S/C24H23N3O/c1-16-10-23(11-17(2)26-16)21-6-5-20-13-22(8-7-19(20)12-21)24(28)27-9-3-4-18(14-25)15-27/h5-8,10-13,18H,3-4,9,15H2,1-2H3. The van der Waals surface area contributed by atoms with Gasteiger partial charge in [0.1, 0.15) is 0 Å². The van der Waals surface area contributed by atoms with Crippen molar-refractivity contribution in [1.29, 1.82) is 5.26 Å². The lowest BCUT2D eigenvalue weighted by molar-refractivity contribution is 0.0699. The van der Waals surface area contributed by atoms with Gasteiger partial charge in [-0.1, -0.05) is 18.2 Å². The van der Waals surface area contributed by atoms with Crippen LogP contribution in [-0.4, -0.2) is 28.9 Å². The summed E-state index contributed by atoms with van der Waals surface area (Å²) in [4.78, 5) is 19.1. The lowest BCUT2D eigenvalue weighted by Crippen LogP contribution is -2.39. The van der Waals surface area contributed by atoms with Crippen LogP contribution in [0.2, 0.25) is 0 Å². The molecule has 2 heterocycles. The Balaban J connectivity index is 1.63. The van der Waals surface area contributed by atoms with Crippen LogP contribution in [-0.2, 0) is 0 Å². The van der Waals surface area contributed by atoms with E-state index in [1.165, 1.54) is 0 Å². The van der Waals surface area contributed by atoms with E-state index >= 15 is 0 Å². The van der Waals surface area contributed by atoms with Gasteiger partial charge >= 0.3 is 0 Å². The summed E-state index contributed by atoms with van der Waals surface area (Å²) in [6, 6.07) is 18.7. The zero-order valence-corrected chi connectivity index (χ0v) is 16.3. The molecule has 0 N–H and O–H groups in total. The average Bonchev–Trinajstić information content (AvgIpc) is 2.71. The van der Waals surface area contributed by atoms with Gasteiger partial charge in [-0.3, -0.25) is 9.78 Å². The zero-order chi connectivity index (χ0) is 19.7. The molecular formula is C24H23N3O. The molecule has 1 unspecified atom stereocenters. The fourth-order valence-electron chi connectivity index (χ4n) is 4.01. The molecule has 1 aliphatic rings. The number of likely N-dealkylation sites (tertiary alicyclic amines) is 1. The molecule has 2 aromatic carbocycles. The number of amides is 1. The molecule has 0 spiro atoms. The molecule has 28 heavy (non-hydrogen) atoms. The van der Waals surface area contributed by atoms with Crippen LogP contribution in [0, 0.1) is 31.1 Å².